The zero-order valence-corrected chi connectivity index (χ0v) is 25.4. The molecule has 2 fully saturated rings. The SMILES string of the molecule is [B-][P+]1(c2ccccc2P2[C@H](C)CN(C(=O)C(C)(C)C)C[C@H]2C)[C@H](C)CN(C(=O)C(C)(C)C)C[C@H]1C. The Morgan fingerprint density at radius 1 is 0.800 bits per heavy atom. The van der Waals surface area contributed by atoms with Gasteiger partial charge in [-0.2, -0.15) is 0 Å². The fraction of sp³-hybridized carbons (Fsp3) is 0.714. The van der Waals surface area contributed by atoms with Gasteiger partial charge >= 0.3 is 0 Å². The van der Waals surface area contributed by atoms with E-state index in [1.165, 1.54) is 10.6 Å². The highest BCUT2D eigenvalue weighted by atomic mass is 31.2. The van der Waals surface area contributed by atoms with Gasteiger partial charge < -0.3 is 9.80 Å². The quantitative estimate of drug-likeness (QED) is 0.418. The number of carbonyl (C=O) groups is 2. The molecule has 0 aliphatic carbocycles. The summed E-state index contributed by atoms with van der Waals surface area (Å²) < 4.78 is 0. The van der Waals surface area contributed by atoms with Crippen LogP contribution < -0.4 is 10.6 Å². The van der Waals surface area contributed by atoms with Crippen molar-refractivity contribution in [2.45, 2.75) is 91.9 Å². The largest absolute Gasteiger partial charge is 0.341 e. The summed E-state index contributed by atoms with van der Waals surface area (Å²) in [6, 6.07) is 8.90. The van der Waals surface area contributed by atoms with Gasteiger partial charge in [-0.25, -0.2) is 7.14 Å². The van der Waals surface area contributed by atoms with Crippen molar-refractivity contribution in [2.24, 2.45) is 10.8 Å². The van der Waals surface area contributed by atoms with Crippen molar-refractivity contribution in [2.75, 3.05) is 26.2 Å². The summed E-state index contributed by atoms with van der Waals surface area (Å²) in [5.41, 5.74) is 0.611. The molecule has 3 radical (unpaired) electrons. The molecule has 7 heteroatoms. The van der Waals surface area contributed by atoms with E-state index in [-0.39, 0.29) is 34.0 Å². The molecule has 2 heterocycles. The summed E-state index contributed by atoms with van der Waals surface area (Å²) >= 11 is 0. The van der Waals surface area contributed by atoms with Gasteiger partial charge in [0, 0.05) is 40.5 Å². The van der Waals surface area contributed by atoms with E-state index in [2.05, 4.69) is 61.8 Å². The summed E-state index contributed by atoms with van der Waals surface area (Å²) in [7, 11) is 5.02. The molecule has 4 atom stereocenters. The summed E-state index contributed by atoms with van der Waals surface area (Å²) in [5.74, 6) is 0.471. The Kier molecular flexibility index (Phi) is 8.26. The van der Waals surface area contributed by atoms with Crippen LogP contribution >= 0.6 is 15.1 Å². The molecule has 3 rings (SSSR count). The molecule has 1 aromatic rings. The predicted octanol–water partition coefficient (Wildman–Crippen LogP) is 4.85. The Hall–Kier alpha value is -0.915. The van der Waals surface area contributed by atoms with E-state index in [1.54, 1.807) is 0 Å². The van der Waals surface area contributed by atoms with E-state index in [9.17, 15) is 9.59 Å². The van der Waals surface area contributed by atoms with Gasteiger partial charge in [-0.1, -0.05) is 81.5 Å². The number of nitrogens with zero attached hydrogens (tertiary/aromatic N) is 2. The van der Waals surface area contributed by atoms with E-state index < -0.39 is 15.1 Å². The van der Waals surface area contributed by atoms with Gasteiger partial charge in [-0.3, -0.25) is 17.2 Å². The number of amides is 2. The van der Waals surface area contributed by atoms with Crippen molar-refractivity contribution in [3.05, 3.63) is 24.3 Å². The van der Waals surface area contributed by atoms with Crippen LogP contribution in [0.5, 0.6) is 0 Å². The Bertz CT molecular complexity index is 931. The first-order chi connectivity index (χ1) is 16.0. The van der Waals surface area contributed by atoms with Crippen LogP contribution in [0.3, 0.4) is 0 Å². The molecule has 2 aliphatic heterocycles. The van der Waals surface area contributed by atoms with Crippen molar-refractivity contribution in [3.8, 4) is 0 Å². The van der Waals surface area contributed by atoms with Gasteiger partial charge in [-0.05, 0) is 31.2 Å². The first kappa shape index (κ1) is 28.7. The van der Waals surface area contributed by atoms with Crippen LogP contribution in [0.2, 0.25) is 0 Å². The molecule has 2 aliphatic rings. The Morgan fingerprint density at radius 3 is 1.63 bits per heavy atom. The average molecular weight is 515 g/mol. The maximum atomic E-state index is 13.1. The fourth-order valence-electron chi connectivity index (χ4n) is 5.98. The van der Waals surface area contributed by atoms with Crippen LogP contribution in [0.15, 0.2) is 24.3 Å². The molecular formula is C28H46BN2O2P2. The van der Waals surface area contributed by atoms with Crippen molar-refractivity contribution in [1.29, 1.82) is 0 Å². The molecule has 193 valence electrons. The fourth-order valence-corrected chi connectivity index (χ4v) is 13.6. The maximum Gasteiger partial charge on any atom is 0.228 e. The van der Waals surface area contributed by atoms with Gasteiger partial charge in [-0.15, -0.1) is 0 Å². The normalized spacial score (nSPS) is 28.2. The van der Waals surface area contributed by atoms with Crippen molar-refractivity contribution in [3.63, 3.8) is 0 Å². The van der Waals surface area contributed by atoms with Gasteiger partial charge in [0.25, 0.3) is 0 Å². The second kappa shape index (κ2) is 10.1. The lowest BCUT2D eigenvalue weighted by molar-refractivity contribution is -0.140. The van der Waals surface area contributed by atoms with Crippen LogP contribution in [0, 0.1) is 10.8 Å². The highest BCUT2D eigenvalue weighted by Crippen LogP contribution is 2.65. The Labute approximate surface area is 217 Å². The molecule has 4 nitrogen and oxygen atoms in total. The van der Waals surface area contributed by atoms with Crippen molar-refractivity contribution >= 4 is 45.1 Å². The summed E-state index contributed by atoms with van der Waals surface area (Å²) in [6.07, 6.45) is 0. The van der Waals surface area contributed by atoms with Crippen molar-refractivity contribution in [1.82, 2.24) is 9.80 Å². The third-order valence-electron chi connectivity index (χ3n) is 7.78. The van der Waals surface area contributed by atoms with Crippen LogP contribution in [0.4, 0.5) is 0 Å². The Morgan fingerprint density at radius 2 is 1.20 bits per heavy atom. The lowest BCUT2D eigenvalue weighted by atomic mass is 9.94. The predicted molar refractivity (Wildman–Crippen MR) is 155 cm³/mol. The summed E-state index contributed by atoms with van der Waals surface area (Å²) in [6.45, 7) is 24.3. The van der Waals surface area contributed by atoms with E-state index >= 15 is 0 Å². The van der Waals surface area contributed by atoms with Gasteiger partial charge in [0.05, 0.1) is 18.4 Å². The molecule has 0 aromatic heterocycles. The topological polar surface area (TPSA) is 40.6 Å². The number of benzene rings is 1. The second-order valence-corrected chi connectivity index (χ2v) is 20.0. The first-order valence-electron chi connectivity index (χ1n) is 13.1. The van der Waals surface area contributed by atoms with Gasteiger partial charge in [0.2, 0.25) is 11.8 Å². The maximum absolute atomic E-state index is 13.1. The van der Waals surface area contributed by atoms with E-state index in [0.29, 0.717) is 11.3 Å². The summed E-state index contributed by atoms with van der Waals surface area (Å²) in [4.78, 5) is 30.3. The smallest absolute Gasteiger partial charge is 0.228 e. The van der Waals surface area contributed by atoms with E-state index in [4.69, 9.17) is 7.57 Å². The Balaban J connectivity index is 1.93. The minimum Gasteiger partial charge on any atom is -0.341 e. The molecule has 0 N–H and O–H groups in total. The second-order valence-electron chi connectivity index (χ2n) is 13.0. The molecular weight excluding hydrogens is 469 g/mol. The number of hydrogen-bond acceptors (Lipinski definition) is 2. The molecule has 2 amide bonds. The van der Waals surface area contributed by atoms with Crippen LogP contribution in [0.25, 0.3) is 0 Å². The highest BCUT2D eigenvalue weighted by molar-refractivity contribution is 8.04. The van der Waals surface area contributed by atoms with Crippen LogP contribution in [-0.2, 0) is 9.59 Å². The van der Waals surface area contributed by atoms with E-state index in [1.807, 2.05) is 41.5 Å². The zero-order chi connectivity index (χ0) is 26.5. The number of rotatable bonds is 2. The summed E-state index contributed by atoms with van der Waals surface area (Å²) in [5, 5.41) is 2.80. The van der Waals surface area contributed by atoms with Gasteiger partial charge in [0.15, 0.2) is 0 Å². The van der Waals surface area contributed by atoms with Gasteiger partial charge in [0.1, 0.15) is 0 Å². The highest BCUT2D eigenvalue weighted by Gasteiger charge is 2.46. The lowest BCUT2D eigenvalue weighted by Gasteiger charge is -2.55. The molecule has 0 unspecified atom stereocenters. The molecule has 0 spiro atoms. The third-order valence-corrected chi connectivity index (χ3v) is 15.6. The zero-order valence-electron chi connectivity index (χ0n) is 23.6. The van der Waals surface area contributed by atoms with E-state index in [0.717, 1.165) is 26.2 Å². The third kappa shape index (κ3) is 5.52. The molecule has 0 bridgehead atoms. The van der Waals surface area contributed by atoms with Crippen molar-refractivity contribution < 1.29 is 9.59 Å². The number of carbonyl (C=O) groups excluding carboxylic acids is 2. The monoisotopic (exact) mass is 515 g/mol. The number of hydrogen-bond donors (Lipinski definition) is 0. The van der Waals surface area contributed by atoms with Crippen LogP contribution in [-0.4, -0.2) is 78.0 Å². The van der Waals surface area contributed by atoms with Crippen LogP contribution in [0.1, 0.15) is 69.2 Å². The lowest BCUT2D eigenvalue weighted by Crippen LogP contribution is -2.55. The molecule has 35 heavy (non-hydrogen) atoms. The average Bonchev–Trinajstić information content (AvgIpc) is 2.74. The molecule has 1 aromatic carbocycles. The minimum absolute atomic E-state index is 0.221. The molecule has 0 saturated carbocycles. The minimum atomic E-state index is -2.00. The standard InChI is InChI=1S/C28H46BN2O2P2/c1-19-15-30(25(32)27(5,6)7)16-20(2)34(19)23-13-11-12-14-24(23)35(29)21(3)17-31(18-22(35)4)26(33)28(8,9)10/h11-14,19-22H,15-18H2,1-10H3/t19-,20-,21-,22-/m1/s1. The first-order valence-corrected chi connectivity index (χ1v) is 16.6. The molecule has 2 saturated heterocycles.